The number of hydrogen-bond donors (Lipinski definition) is 1. The van der Waals surface area contributed by atoms with Gasteiger partial charge in [0.15, 0.2) is 0 Å². The van der Waals surface area contributed by atoms with Crippen LogP contribution in [0.4, 0.5) is 11.4 Å². The van der Waals surface area contributed by atoms with E-state index in [0.717, 1.165) is 5.56 Å². The Hall–Kier alpha value is -4.30. The van der Waals surface area contributed by atoms with Crippen LogP contribution in [0.2, 0.25) is 0 Å². The molecule has 190 valence electrons. The van der Waals surface area contributed by atoms with Crippen molar-refractivity contribution < 1.29 is 22.7 Å². The molecule has 8 heteroatoms. The highest BCUT2D eigenvalue weighted by Gasteiger charge is 2.29. The summed E-state index contributed by atoms with van der Waals surface area (Å²) in [5, 5.41) is 2.88. The maximum atomic E-state index is 13.9. The number of carbonyl (C=O) groups excluding carboxylic acids is 1. The summed E-state index contributed by atoms with van der Waals surface area (Å²) in [5.74, 6) is 0.620. The van der Waals surface area contributed by atoms with Crippen LogP contribution in [0.5, 0.6) is 11.5 Å². The van der Waals surface area contributed by atoms with Gasteiger partial charge in [0, 0.05) is 0 Å². The van der Waals surface area contributed by atoms with E-state index in [0.29, 0.717) is 23.8 Å². The highest BCUT2D eigenvalue weighted by atomic mass is 32.2. The van der Waals surface area contributed by atoms with E-state index in [2.05, 4.69) is 5.32 Å². The fourth-order valence-electron chi connectivity index (χ4n) is 3.85. The molecule has 0 unspecified atom stereocenters. The van der Waals surface area contributed by atoms with Crippen molar-refractivity contribution in [1.82, 2.24) is 0 Å². The number of sulfonamides is 1. The predicted octanol–water partition coefficient (Wildman–Crippen LogP) is 5.74. The molecule has 1 N–H and O–H groups in total. The summed E-state index contributed by atoms with van der Waals surface area (Å²) in [5.41, 5.74) is 1.74. The van der Waals surface area contributed by atoms with Crippen molar-refractivity contribution >= 4 is 27.3 Å². The molecular formula is C29H28N2O5S. The van der Waals surface area contributed by atoms with Crippen molar-refractivity contribution in [3.63, 3.8) is 0 Å². The Bertz CT molecular complexity index is 1460. The average molecular weight is 517 g/mol. The van der Waals surface area contributed by atoms with Gasteiger partial charge in [-0.15, -0.1) is 0 Å². The minimum Gasteiger partial charge on any atom is -0.497 e. The van der Waals surface area contributed by atoms with Crippen LogP contribution in [-0.2, 0) is 16.6 Å². The molecule has 4 aromatic rings. The van der Waals surface area contributed by atoms with E-state index in [-0.39, 0.29) is 22.7 Å². The maximum absolute atomic E-state index is 13.9. The standard InChI is InChI=1S/C29H28N2O5S/c1-3-36-28-16-10-8-14-26(28)30-29(32)25-13-7-9-15-27(25)31(21-22-11-5-4-6-12-22)37(33,34)24-19-17-23(35-2)18-20-24/h4-20H,3,21H2,1-2H3,(H,30,32). The molecule has 0 aromatic heterocycles. The summed E-state index contributed by atoms with van der Waals surface area (Å²) in [7, 11) is -2.53. The van der Waals surface area contributed by atoms with Crippen LogP contribution in [0, 0.1) is 0 Å². The van der Waals surface area contributed by atoms with Crippen molar-refractivity contribution in [3.05, 3.63) is 114 Å². The summed E-state index contributed by atoms with van der Waals surface area (Å²) >= 11 is 0. The molecule has 4 rings (SSSR count). The zero-order valence-electron chi connectivity index (χ0n) is 20.6. The zero-order chi connectivity index (χ0) is 26.3. The molecule has 0 aliphatic carbocycles. The van der Waals surface area contributed by atoms with E-state index in [1.54, 1.807) is 54.6 Å². The van der Waals surface area contributed by atoms with Crippen molar-refractivity contribution in [1.29, 1.82) is 0 Å². The van der Waals surface area contributed by atoms with Gasteiger partial charge in [0.2, 0.25) is 0 Å². The predicted molar refractivity (Wildman–Crippen MR) is 145 cm³/mol. The summed E-state index contributed by atoms with van der Waals surface area (Å²) in [4.78, 5) is 13.6. The molecule has 0 saturated heterocycles. The van der Waals surface area contributed by atoms with Crippen LogP contribution in [0.1, 0.15) is 22.8 Å². The van der Waals surface area contributed by atoms with E-state index < -0.39 is 15.9 Å². The Morgan fingerprint density at radius 2 is 1.49 bits per heavy atom. The van der Waals surface area contributed by atoms with Gasteiger partial charge in [0.25, 0.3) is 15.9 Å². The first-order valence-electron chi connectivity index (χ1n) is 11.8. The Kier molecular flexibility index (Phi) is 8.10. The second-order valence-electron chi connectivity index (χ2n) is 8.07. The number of nitrogens with one attached hydrogen (secondary N) is 1. The largest absolute Gasteiger partial charge is 0.497 e. The van der Waals surface area contributed by atoms with Crippen LogP contribution in [0.25, 0.3) is 0 Å². The Morgan fingerprint density at radius 3 is 2.19 bits per heavy atom. The number of hydrogen-bond acceptors (Lipinski definition) is 5. The fourth-order valence-corrected chi connectivity index (χ4v) is 5.32. The van der Waals surface area contributed by atoms with Crippen LogP contribution in [0.15, 0.2) is 108 Å². The van der Waals surface area contributed by atoms with Gasteiger partial charge in [-0.3, -0.25) is 9.10 Å². The summed E-state index contributed by atoms with van der Waals surface area (Å²) in [6.07, 6.45) is 0. The molecule has 7 nitrogen and oxygen atoms in total. The molecular weight excluding hydrogens is 488 g/mol. The SMILES string of the molecule is CCOc1ccccc1NC(=O)c1ccccc1N(Cc1ccccc1)S(=O)(=O)c1ccc(OC)cc1. The average Bonchev–Trinajstić information content (AvgIpc) is 2.93. The maximum Gasteiger partial charge on any atom is 0.264 e. The van der Waals surface area contributed by atoms with Crippen LogP contribution in [-0.4, -0.2) is 28.0 Å². The monoisotopic (exact) mass is 516 g/mol. The smallest absolute Gasteiger partial charge is 0.264 e. The van der Waals surface area contributed by atoms with E-state index in [9.17, 15) is 13.2 Å². The first-order chi connectivity index (χ1) is 17.9. The number of anilines is 2. The third kappa shape index (κ3) is 5.92. The first-order valence-corrected chi connectivity index (χ1v) is 13.2. The zero-order valence-corrected chi connectivity index (χ0v) is 21.4. The Balaban J connectivity index is 1.77. The molecule has 0 bridgehead atoms. The topological polar surface area (TPSA) is 84.9 Å². The summed E-state index contributed by atoms with van der Waals surface area (Å²) in [6, 6.07) is 29.2. The highest BCUT2D eigenvalue weighted by molar-refractivity contribution is 7.92. The van der Waals surface area contributed by atoms with E-state index in [1.807, 2.05) is 43.3 Å². The number of carbonyl (C=O) groups is 1. The number of amides is 1. The molecule has 0 saturated carbocycles. The lowest BCUT2D eigenvalue weighted by molar-refractivity contribution is 0.102. The van der Waals surface area contributed by atoms with Gasteiger partial charge >= 0.3 is 0 Å². The van der Waals surface area contributed by atoms with Gasteiger partial charge in [-0.1, -0.05) is 54.6 Å². The van der Waals surface area contributed by atoms with Gasteiger partial charge in [0.1, 0.15) is 11.5 Å². The minimum absolute atomic E-state index is 0.0367. The molecule has 1 amide bonds. The lowest BCUT2D eigenvalue weighted by atomic mass is 10.1. The number of nitrogens with zero attached hydrogens (tertiary/aromatic N) is 1. The molecule has 0 atom stereocenters. The number of ether oxygens (including phenoxy) is 2. The van der Waals surface area contributed by atoms with Crippen molar-refractivity contribution in [2.75, 3.05) is 23.3 Å². The van der Waals surface area contributed by atoms with Gasteiger partial charge in [-0.2, -0.15) is 0 Å². The van der Waals surface area contributed by atoms with Gasteiger partial charge in [-0.25, -0.2) is 8.42 Å². The van der Waals surface area contributed by atoms with Crippen molar-refractivity contribution in [3.8, 4) is 11.5 Å². The van der Waals surface area contributed by atoms with E-state index in [4.69, 9.17) is 9.47 Å². The van der Waals surface area contributed by atoms with Crippen molar-refractivity contribution in [2.24, 2.45) is 0 Å². The third-order valence-electron chi connectivity index (χ3n) is 5.67. The molecule has 0 aliphatic heterocycles. The van der Waals surface area contributed by atoms with Crippen LogP contribution >= 0.6 is 0 Å². The van der Waals surface area contributed by atoms with E-state index >= 15 is 0 Å². The molecule has 4 aromatic carbocycles. The Labute approximate surface area is 217 Å². The second-order valence-corrected chi connectivity index (χ2v) is 9.94. The number of benzene rings is 4. The van der Waals surface area contributed by atoms with Gasteiger partial charge in [0.05, 0.1) is 42.1 Å². The second kappa shape index (κ2) is 11.6. The Morgan fingerprint density at radius 1 is 0.838 bits per heavy atom. The van der Waals surface area contributed by atoms with Gasteiger partial charge in [-0.05, 0) is 61.0 Å². The van der Waals surface area contributed by atoms with Gasteiger partial charge < -0.3 is 14.8 Å². The number of rotatable bonds is 10. The summed E-state index contributed by atoms with van der Waals surface area (Å²) in [6.45, 7) is 2.34. The fraction of sp³-hybridized carbons (Fsp3) is 0.138. The molecule has 0 heterocycles. The molecule has 0 radical (unpaired) electrons. The minimum atomic E-state index is -4.05. The molecule has 0 aliphatic rings. The molecule has 37 heavy (non-hydrogen) atoms. The number of para-hydroxylation sites is 3. The highest BCUT2D eigenvalue weighted by Crippen LogP contribution is 2.31. The van der Waals surface area contributed by atoms with Crippen LogP contribution < -0.4 is 19.1 Å². The quantitative estimate of drug-likeness (QED) is 0.290. The lowest BCUT2D eigenvalue weighted by Gasteiger charge is -2.27. The first kappa shape index (κ1) is 25.8. The summed E-state index contributed by atoms with van der Waals surface area (Å²) < 4.78 is 40.0. The molecule has 0 fully saturated rings. The third-order valence-corrected chi connectivity index (χ3v) is 7.44. The molecule has 0 spiro atoms. The normalized spacial score (nSPS) is 11.0. The van der Waals surface area contributed by atoms with E-state index in [1.165, 1.54) is 23.5 Å². The van der Waals surface area contributed by atoms with Crippen molar-refractivity contribution in [2.45, 2.75) is 18.4 Å². The van der Waals surface area contributed by atoms with Crippen LogP contribution in [0.3, 0.4) is 0 Å². The number of methoxy groups -OCH3 is 1. The lowest BCUT2D eigenvalue weighted by Crippen LogP contribution is -2.32.